The molecule has 0 unspecified atom stereocenters. The van der Waals surface area contributed by atoms with E-state index in [1.165, 1.54) is 0 Å². The maximum atomic E-state index is 12.1. The third kappa shape index (κ3) is 2.81. The Bertz CT molecular complexity index is 688. The summed E-state index contributed by atoms with van der Waals surface area (Å²) >= 11 is 6.02. The van der Waals surface area contributed by atoms with E-state index in [0.717, 1.165) is 11.3 Å². The first-order valence-electron chi connectivity index (χ1n) is 6.71. The lowest BCUT2D eigenvalue weighted by Gasteiger charge is -2.29. The maximum absolute atomic E-state index is 12.1. The second-order valence-corrected chi connectivity index (χ2v) is 5.33. The van der Waals surface area contributed by atoms with Gasteiger partial charge in [-0.3, -0.25) is 4.79 Å². The molecule has 2 N–H and O–H groups in total. The van der Waals surface area contributed by atoms with E-state index in [1.807, 2.05) is 24.3 Å². The van der Waals surface area contributed by atoms with Gasteiger partial charge >= 0.3 is 0 Å². The van der Waals surface area contributed by atoms with Gasteiger partial charge < -0.3 is 15.4 Å². The summed E-state index contributed by atoms with van der Waals surface area (Å²) in [5.41, 5.74) is 8.42. The number of nitrogens with zero attached hydrogens (tertiary/aromatic N) is 1. The minimum atomic E-state index is -0.0701. The zero-order valence-corrected chi connectivity index (χ0v) is 12.1. The third-order valence-corrected chi connectivity index (χ3v) is 3.76. The molecule has 1 heterocycles. The summed E-state index contributed by atoms with van der Waals surface area (Å²) in [6.07, 6.45) is 0.685. The lowest BCUT2D eigenvalue weighted by atomic mass is 10.1. The van der Waals surface area contributed by atoms with Crippen LogP contribution in [0.3, 0.4) is 0 Å². The zero-order valence-electron chi connectivity index (χ0n) is 11.4. The predicted molar refractivity (Wildman–Crippen MR) is 83.9 cm³/mol. The van der Waals surface area contributed by atoms with Gasteiger partial charge in [0, 0.05) is 17.3 Å². The number of rotatable bonds is 3. The molecule has 0 fully saturated rings. The Hall–Kier alpha value is -2.20. The SMILES string of the molecule is Nc1ccccc1CCN1C(=O)COc2ccc(Cl)cc21. The Balaban J connectivity index is 1.84. The van der Waals surface area contributed by atoms with Crippen LogP contribution in [0.5, 0.6) is 5.75 Å². The monoisotopic (exact) mass is 302 g/mol. The first kappa shape index (κ1) is 13.8. The molecule has 108 valence electrons. The van der Waals surface area contributed by atoms with Gasteiger partial charge in [-0.1, -0.05) is 29.8 Å². The topological polar surface area (TPSA) is 55.6 Å². The number of hydrogen-bond acceptors (Lipinski definition) is 3. The third-order valence-electron chi connectivity index (χ3n) is 3.52. The number of halogens is 1. The summed E-state index contributed by atoms with van der Waals surface area (Å²) in [5, 5.41) is 0.580. The van der Waals surface area contributed by atoms with Crippen LogP contribution in [-0.4, -0.2) is 19.1 Å². The quantitative estimate of drug-likeness (QED) is 0.887. The van der Waals surface area contributed by atoms with Gasteiger partial charge in [0.05, 0.1) is 5.69 Å². The molecule has 0 saturated heterocycles. The first-order valence-corrected chi connectivity index (χ1v) is 7.09. The molecule has 3 rings (SSSR count). The molecule has 2 aromatic rings. The van der Waals surface area contributed by atoms with E-state index in [-0.39, 0.29) is 12.5 Å². The van der Waals surface area contributed by atoms with Crippen molar-refractivity contribution in [1.29, 1.82) is 0 Å². The molecule has 5 heteroatoms. The molecule has 4 nitrogen and oxygen atoms in total. The molecule has 1 aliphatic heterocycles. The van der Waals surface area contributed by atoms with E-state index in [1.54, 1.807) is 23.1 Å². The molecule has 0 saturated carbocycles. The normalized spacial score (nSPS) is 13.8. The molecule has 0 atom stereocenters. The second kappa shape index (κ2) is 5.66. The highest BCUT2D eigenvalue weighted by Gasteiger charge is 2.25. The van der Waals surface area contributed by atoms with Crippen LogP contribution in [0.1, 0.15) is 5.56 Å². The van der Waals surface area contributed by atoms with Crippen LogP contribution in [0.4, 0.5) is 11.4 Å². The van der Waals surface area contributed by atoms with Crippen LogP contribution in [0.25, 0.3) is 0 Å². The highest BCUT2D eigenvalue weighted by molar-refractivity contribution is 6.31. The van der Waals surface area contributed by atoms with Crippen molar-refractivity contribution in [3.8, 4) is 5.75 Å². The summed E-state index contributed by atoms with van der Waals surface area (Å²) < 4.78 is 5.42. The maximum Gasteiger partial charge on any atom is 0.265 e. The molecule has 1 amide bonds. The molecule has 0 bridgehead atoms. The average Bonchev–Trinajstić information content (AvgIpc) is 2.48. The van der Waals surface area contributed by atoms with E-state index in [9.17, 15) is 4.79 Å². The van der Waals surface area contributed by atoms with Gasteiger partial charge in [-0.2, -0.15) is 0 Å². The Kier molecular flexibility index (Phi) is 3.71. The number of nitrogen functional groups attached to an aromatic ring is 1. The summed E-state index contributed by atoms with van der Waals surface area (Å²) in [6, 6.07) is 13.0. The van der Waals surface area contributed by atoms with Gasteiger partial charge in [-0.15, -0.1) is 0 Å². The van der Waals surface area contributed by atoms with Crippen molar-refractivity contribution in [2.45, 2.75) is 6.42 Å². The zero-order chi connectivity index (χ0) is 14.8. The van der Waals surface area contributed by atoms with Gasteiger partial charge in [-0.25, -0.2) is 0 Å². The van der Waals surface area contributed by atoms with Crippen LogP contribution in [0.15, 0.2) is 42.5 Å². The number of nitrogens with two attached hydrogens (primary N) is 1. The van der Waals surface area contributed by atoms with Crippen molar-refractivity contribution in [3.63, 3.8) is 0 Å². The number of ether oxygens (including phenoxy) is 1. The van der Waals surface area contributed by atoms with E-state index in [4.69, 9.17) is 22.1 Å². The molecule has 1 aliphatic rings. The van der Waals surface area contributed by atoms with Crippen molar-refractivity contribution in [3.05, 3.63) is 53.1 Å². The molecular weight excluding hydrogens is 288 g/mol. The Morgan fingerprint density at radius 1 is 1.24 bits per heavy atom. The summed E-state index contributed by atoms with van der Waals surface area (Å²) in [6.45, 7) is 0.600. The number of amides is 1. The van der Waals surface area contributed by atoms with E-state index in [0.29, 0.717) is 29.4 Å². The minimum absolute atomic E-state index is 0.0545. The number of fused-ring (bicyclic) bond motifs is 1. The summed E-state index contributed by atoms with van der Waals surface area (Å²) in [4.78, 5) is 13.8. The molecule has 0 aromatic heterocycles. The largest absolute Gasteiger partial charge is 0.482 e. The standard InChI is InChI=1S/C16H15ClN2O2/c17-12-5-6-15-14(9-12)19(16(20)10-21-15)8-7-11-3-1-2-4-13(11)18/h1-6,9H,7-8,10,18H2. The first-order chi connectivity index (χ1) is 10.1. The molecule has 0 aliphatic carbocycles. The molecule has 0 spiro atoms. The van der Waals surface area contributed by atoms with Crippen LogP contribution in [-0.2, 0) is 11.2 Å². The van der Waals surface area contributed by atoms with Gasteiger partial charge in [0.25, 0.3) is 5.91 Å². The van der Waals surface area contributed by atoms with E-state index >= 15 is 0 Å². The van der Waals surface area contributed by atoms with Crippen molar-refractivity contribution in [2.24, 2.45) is 0 Å². The number of para-hydroxylation sites is 1. The Morgan fingerprint density at radius 3 is 2.86 bits per heavy atom. The lowest BCUT2D eigenvalue weighted by molar-refractivity contribution is -0.121. The van der Waals surface area contributed by atoms with Crippen molar-refractivity contribution in [1.82, 2.24) is 0 Å². The van der Waals surface area contributed by atoms with Gasteiger partial charge in [0.15, 0.2) is 6.61 Å². The molecule has 0 radical (unpaired) electrons. The smallest absolute Gasteiger partial charge is 0.265 e. The number of carbonyl (C=O) groups is 1. The fraction of sp³-hybridized carbons (Fsp3) is 0.188. The predicted octanol–water partition coefficient (Wildman–Crippen LogP) is 2.89. The molecule has 2 aromatic carbocycles. The van der Waals surface area contributed by atoms with Crippen LogP contribution in [0.2, 0.25) is 5.02 Å². The Morgan fingerprint density at radius 2 is 2.05 bits per heavy atom. The minimum Gasteiger partial charge on any atom is -0.482 e. The molecule has 21 heavy (non-hydrogen) atoms. The van der Waals surface area contributed by atoms with E-state index in [2.05, 4.69) is 0 Å². The lowest BCUT2D eigenvalue weighted by Crippen LogP contribution is -2.40. The van der Waals surface area contributed by atoms with E-state index < -0.39 is 0 Å². The van der Waals surface area contributed by atoms with Gasteiger partial charge in [0.1, 0.15) is 5.75 Å². The Labute approximate surface area is 128 Å². The fourth-order valence-corrected chi connectivity index (χ4v) is 2.58. The van der Waals surface area contributed by atoms with Crippen molar-refractivity contribution in [2.75, 3.05) is 23.8 Å². The number of anilines is 2. The van der Waals surface area contributed by atoms with Crippen molar-refractivity contribution >= 4 is 28.9 Å². The van der Waals surface area contributed by atoms with Crippen LogP contribution < -0.4 is 15.4 Å². The highest BCUT2D eigenvalue weighted by atomic mass is 35.5. The van der Waals surface area contributed by atoms with Crippen molar-refractivity contribution < 1.29 is 9.53 Å². The average molecular weight is 303 g/mol. The summed E-state index contributed by atoms with van der Waals surface area (Å²) in [5.74, 6) is 0.610. The van der Waals surface area contributed by atoms with Gasteiger partial charge in [-0.05, 0) is 36.2 Å². The highest BCUT2D eigenvalue weighted by Crippen LogP contribution is 2.34. The van der Waals surface area contributed by atoms with Crippen LogP contribution >= 0.6 is 11.6 Å². The number of benzene rings is 2. The van der Waals surface area contributed by atoms with Crippen LogP contribution in [0, 0.1) is 0 Å². The van der Waals surface area contributed by atoms with Gasteiger partial charge in [0.2, 0.25) is 0 Å². The summed E-state index contributed by atoms with van der Waals surface area (Å²) in [7, 11) is 0. The number of carbonyl (C=O) groups excluding carboxylic acids is 1. The number of hydrogen-bond donors (Lipinski definition) is 1. The second-order valence-electron chi connectivity index (χ2n) is 4.89. The fourth-order valence-electron chi connectivity index (χ4n) is 2.41. The molecular formula is C16H15ClN2O2.